The molecule has 0 aliphatic carbocycles. The van der Waals surface area contributed by atoms with Crippen LogP contribution in [0.15, 0.2) is 315 Å². The van der Waals surface area contributed by atoms with Gasteiger partial charge in [-0.25, -0.2) is 15.0 Å². The van der Waals surface area contributed by atoms with Crippen molar-refractivity contribution < 1.29 is 0 Å². The topological polar surface area (TPSA) is 55.0 Å². The molecule has 414 valence electrons. The lowest BCUT2D eigenvalue weighted by Crippen LogP contribution is -2.61. The molecule has 0 N–H and O–H groups in total. The number of fused-ring (bicyclic) bond motifs is 10. The highest BCUT2D eigenvalue weighted by atomic mass is 15.2. The van der Waals surface area contributed by atoms with E-state index in [0.717, 1.165) is 89.6 Å². The number of para-hydroxylation sites is 7. The van der Waals surface area contributed by atoms with Crippen LogP contribution in [0.5, 0.6) is 0 Å². The summed E-state index contributed by atoms with van der Waals surface area (Å²) in [5, 5.41) is 4.78. The smallest absolute Gasteiger partial charge is 0.252 e. The minimum Gasteiger partial charge on any atom is -0.311 e. The Morgan fingerprint density at radius 3 is 1.24 bits per heavy atom. The molecule has 3 aromatic heterocycles. The molecular weight excluding hydrogens is 1080 g/mol. The van der Waals surface area contributed by atoms with Crippen LogP contribution in [0.25, 0.3) is 111 Å². The summed E-state index contributed by atoms with van der Waals surface area (Å²) in [6.07, 6.45) is 0. The first-order valence-corrected chi connectivity index (χ1v) is 30.4. The fraction of sp³-hybridized carbons (Fsp3) is 0. The van der Waals surface area contributed by atoms with E-state index in [1.54, 1.807) is 0 Å². The van der Waals surface area contributed by atoms with E-state index < -0.39 is 0 Å². The molecule has 8 heteroatoms. The molecule has 0 atom stereocenters. The van der Waals surface area contributed by atoms with Crippen LogP contribution in [0.2, 0.25) is 0 Å². The van der Waals surface area contributed by atoms with Gasteiger partial charge in [-0.1, -0.05) is 206 Å². The summed E-state index contributed by atoms with van der Waals surface area (Å²) in [7, 11) is 0. The lowest BCUT2D eigenvalue weighted by molar-refractivity contribution is 1.07. The van der Waals surface area contributed by atoms with E-state index in [9.17, 15) is 0 Å². The number of nitrogens with zero attached hydrogens (tertiary/aromatic N) is 7. The molecule has 13 aromatic carbocycles. The molecule has 0 radical (unpaired) electrons. The van der Waals surface area contributed by atoms with E-state index in [0.29, 0.717) is 17.5 Å². The molecule has 18 rings (SSSR count). The Kier molecular flexibility index (Phi) is 11.6. The Balaban J connectivity index is 0.903. The minimum absolute atomic E-state index is 0.000360. The lowest BCUT2D eigenvalue weighted by atomic mass is 9.33. The van der Waals surface area contributed by atoms with Crippen LogP contribution in [0.1, 0.15) is 0 Å². The van der Waals surface area contributed by atoms with E-state index in [1.165, 1.54) is 54.8 Å². The maximum Gasteiger partial charge on any atom is 0.252 e. The van der Waals surface area contributed by atoms with Crippen molar-refractivity contribution >= 4 is 101 Å². The maximum absolute atomic E-state index is 5.31. The van der Waals surface area contributed by atoms with Crippen molar-refractivity contribution in [3.8, 4) is 67.8 Å². The quantitative estimate of drug-likeness (QED) is 0.135. The molecule has 0 fully saturated rings. The molecule has 0 saturated carbocycles. The molecule has 16 aromatic rings. The molecule has 2 aliphatic rings. The molecule has 89 heavy (non-hydrogen) atoms. The maximum atomic E-state index is 5.31. The van der Waals surface area contributed by atoms with Gasteiger partial charge in [0.25, 0.3) is 6.71 Å². The number of hydrogen-bond donors (Lipinski definition) is 0. The Labute approximate surface area is 515 Å². The van der Waals surface area contributed by atoms with Crippen LogP contribution < -0.4 is 26.2 Å². The zero-order valence-electron chi connectivity index (χ0n) is 48.2. The van der Waals surface area contributed by atoms with Crippen LogP contribution in [-0.4, -0.2) is 30.8 Å². The predicted molar refractivity (Wildman–Crippen MR) is 370 cm³/mol. The number of anilines is 6. The lowest BCUT2D eigenvalue weighted by Gasteiger charge is -2.44. The van der Waals surface area contributed by atoms with E-state index in [1.807, 2.05) is 36.4 Å². The van der Waals surface area contributed by atoms with Gasteiger partial charge < -0.3 is 18.9 Å². The Bertz CT molecular complexity index is 5280. The number of hydrogen-bond acceptors (Lipinski definition) is 5. The van der Waals surface area contributed by atoms with Crippen molar-refractivity contribution in [2.75, 3.05) is 9.80 Å². The van der Waals surface area contributed by atoms with Crippen molar-refractivity contribution in [3.63, 3.8) is 0 Å². The molecule has 0 unspecified atom stereocenters. The van der Waals surface area contributed by atoms with Gasteiger partial charge >= 0.3 is 0 Å². The third-order valence-electron chi connectivity index (χ3n) is 18.1. The summed E-state index contributed by atoms with van der Waals surface area (Å²) < 4.78 is 4.90. The summed E-state index contributed by atoms with van der Waals surface area (Å²) in [5.74, 6) is 1.81. The standard InChI is InChI=1S/C81H52BN7/c1-6-25-53(26-7-1)79-83-80(54-27-8-2-9-28-54)85-81(84-79)57-45-46-71(89-70-42-21-17-38-63(70)66-51-65-62-37-16-20-41-69(62)86(74(65)52-75(66)89)59-31-10-3-11-32-59)64(48-57)56-30-24-29-55(47-56)58-49-76-78-77(50-58)88(61-35-14-5-15-36-61)73-44-23-19-40-68(73)82(78)67-39-18-22-43-72(67)87(76)60-33-12-4-13-34-60/h1-52H. The predicted octanol–water partition coefficient (Wildman–Crippen LogP) is 18.5. The number of aromatic nitrogens is 5. The highest BCUT2D eigenvalue weighted by molar-refractivity contribution is 7.00. The highest BCUT2D eigenvalue weighted by Gasteiger charge is 2.43. The first-order valence-electron chi connectivity index (χ1n) is 30.4. The fourth-order valence-corrected chi connectivity index (χ4v) is 14.2. The molecule has 0 saturated heterocycles. The van der Waals surface area contributed by atoms with Gasteiger partial charge in [0.05, 0.1) is 27.8 Å². The average molecular weight is 1130 g/mol. The minimum atomic E-state index is -0.000360. The number of rotatable bonds is 9. The van der Waals surface area contributed by atoms with Gasteiger partial charge in [-0.3, -0.25) is 0 Å². The fourth-order valence-electron chi connectivity index (χ4n) is 14.2. The first-order chi connectivity index (χ1) is 44.2. The van der Waals surface area contributed by atoms with E-state index in [2.05, 4.69) is 298 Å². The molecule has 0 bridgehead atoms. The Morgan fingerprint density at radius 2 is 0.674 bits per heavy atom. The van der Waals surface area contributed by atoms with Crippen molar-refractivity contribution in [2.45, 2.75) is 0 Å². The molecule has 2 aliphatic heterocycles. The normalized spacial score (nSPS) is 12.4. The first kappa shape index (κ1) is 50.5. The van der Waals surface area contributed by atoms with Gasteiger partial charge in [-0.05, 0) is 142 Å². The van der Waals surface area contributed by atoms with Crippen LogP contribution in [-0.2, 0) is 0 Å². The van der Waals surface area contributed by atoms with E-state index >= 15 is 0 Å². The largest absolute Gasteiger partial charge is 0.311 e. The van der Waals surface area contributed by atoms with Crippen LogP contribution in [0.3, 0.4) is 0 Å². The zero-order valence-corrected chi connectivity index (χ0v) is 48.2. The van der Waals surface area contributed by atoms with E-state index in [4.69, 9.17) is 15.0 Å². The van der Waals surface area contributed by atoms with Crippen molar-refractivity contribution in [1.29, 1.82) is 0 Å². The number of benzene rings is 13. The van der Waals surface area contributed by atoms with Gasteiger partial charge in [0.2, 0.25) is 0 Å². The van der Waals surface area contributed by atoms with Gasteiger partial charge in [0.15, 0.2) is 17.5 Å². The molecule has 0 spiro atoms. The molecular formula is C81H52BN7. The van der Waals surface area contributed by atoms with Crippen LogP contribution >= 0.6 is 0 Å². The molecule has 7 nitrogen and oxygen atoms in total. The monoisotopic (exact) mass is 1130 g/mol. The molecule has 5 heterocycles. The third kappa shape index (κ3) is 8.11. The second kappa shape index (κ2) is 20.4. The summed E-state index contributed by atoms with van der Waals surface area (Å²) in [6.45, 7) is -0.000360. The average Bonchev–Trinajstić information content (AvgIpc) is 1.85. The second-order valence-electron chi connectivity index (χ2n) is 23.1. The summed E-state index contributed by atoms with van der Waals surface area (Å²) >= 11 is 0. The van der Waals surface area contributed by atoms with Crippen molar-refractivity contribution in [2.24, 2.45) is 0 Å². The zero-order chi connectivity index (χ0) is 58.5. The van der Waals surface area contributed by atoms with Gasteiger partial charge in [0, 0.05) is 83.6 Å². The Hall–Kier alpha value is -11.9. The summed E-state index contributed by atoms with van der Waals surface area (Å²) in [4.78, 5) is 20.7. The van der Waals surface area contributed by atoms with Crippen LogP contribution in [0.4, 0.5) is 34.1 Å². The van der Waals surface area contributed by atoms with Crippen molar-refractivity contribution in [3.05, 3.63) is 315 Å². The Morgan fingerprint density at radius 1 is 0.236 bits per heavy atom. The molecule has 0 amide bonds. The van der Waals surface area contributed by atoms with Gasteiger partial charge in [-0.15, -0.1) is 0 Å². The summed E-state index contributed by atoms with van der Waals surface area (Å²) in [5.41, 5.74) is 24.3. The third-order valence-corrected chi connectivity index (χ3v) is 18.1. The van der Waals surface area contributed by atoms with Crippen LogP contribution in [0, 0.1) is 0 Å². The SMILES string of the molecule is c1ccc(-c2nc(-c3ccccc3)nc(-c3ccc(-n4c5ccccc5c5cc6c7ccccc7n(-c7ccccc7)c6cc54)c(-c4cccc(-c5cc6c7c(c5)N(c5ccccc5)c5ccccc5B7c5ccccc5N6c5ccccc5)c4)c3)n2)cc1. The highest BCUT2D eigenvalue weighted by Crippen LogP contribution is 2.48. The van der Waals surface area contributed by atoms with Gasteiger partial charge in [-0.2, -0.15) is 0 Å². The van der Waals surface area contributed by atoms with Gasteiger partial charge in [0.1, 0.15) is 0 Å². The summed E-state index contributed by atoms with van der Waals surface area (Å²) in [6, 6.07) is 114. The van der Waals surface area contributed by atoms with Crippen molar-refractivity contribution in [1.82, 2.24) is 24.1 Å². The second-order valence-corrected chi connectivity index (χ2v) is 23.1. The van der Waals surface area contributed by atoms with E-state index in [-0.39, 0.29) is 6.71 Å².